The van der Waals surface area contributed by atoms with E-state index >= 15 is 0 Å². The zero-order valence-electron chi connectivity index (χ0n) is 16.9. The summed E-state index contributed by atoms with van der Waals surface area (Å²) < 4.78 is 23.6. The normalized spacial score (nSPS) is 25.1. The molecular weight excluding hydrogens is 376 g/mol. The van der Waals surface area contributed by atoms with Gasteiger partial charge in [-0.3, -0.25) is 9.59 Å². The van der Waals surface area contributed by atoms with E-state index in [0.717, 1.165) is 17.7 Å². The van der Waals surface area contributed by atoms with Crippen molar-refractivity contribution in [1.82, 2.24) is 4.90 Å². The highest BCUT2D eigenvalue weighted by Gasteiger charge is 2.41. The number of benzene rings is 1. The van der Waals surface area contributed by atoms with Crippen LogP contribution in [0.25, 0.3) is 0 Å². The first kappa shape index (κ1) is 20.8. The Labute approximate surface area is 167 Å². The first-order chi connectivity index (χ1) is 13.3. The molecule has 2 fully saturated rings. The lowest BCUT2D eigenvalue weighted by Gasteiger charge is -2.29. The third-order valence-corrected chi connectivity index (χ3v) is 7.87. The average molecular weight is 407 g/mol. The number of amides is 2. The van der Waals surface area contributed by atoms with Gasteiger partial charge in [0, 0.05) is 31.2 Å². The highest BCUT2D eigenvalue weighted by atomic mass is 32.2. The van der Waals surface area contributed by atoms with Gasteiger partial charge >= 0.3 is 0 Å². The molecule has 6 nitrogen and oxygen atoms in total. The Bertz CT molecular complexity index is 852. The second-order valence-electron chi connectivity index (χ2n) is 7.95. The molecule has 28 heavy (non-hydrogen) atoms. The number of hydrogen-bond acceptors (Lipinski definition) is 4. The summed E-state index contributed by atoms with van der Waals surface area (Å²) in [4.78, 5) is 29.3. The highest BCUT2D eigenvalue weighted by Crippen LogP contribution is 2.34. The Morgan fingerprint density at radius 2 is 2.00 bits per heavy atom. The molecule has 0 saturated carbocycles. The van der Waals surface area contributed by atoms with Crippen LogP contribution in [0.4, 0.5) is 5.69 Å². The number of anilines is 1. The Morgan fingerprint density at radius 3 is 2.61 bits per heavy atom. The fraction of sp³-hybridized carbons (Fsp3) is 0.619. The highest BCUT2D eigenvalue weighted by molar-refractivity contribution is 7.91. The quantitative estimate of drug-likeness (QED) is 0.728. The monoisotopic (exact) mass is 406 g/mol. The summed E-state index contributed by atoms with van der Waals surface area (Å²) in [5.74, 6) is -0.0474. The molecule has 2 saturated heterocycles. The van der Waals surface area contributed by atoms with Crippen LogP contribution < -0.4 is 4.90 Å². The zero-order valence-corrected chi connectivity index (χ0v) is 17.7. The standard InChI is InChI=1S/C21H30N2O4S/c1-4-15(3)18-8-6-7-9-19(18)23-13-16(12-20(23)24)21(25)22(5-2)17-10-11-28(26,27)14-17/h6-9,15-17H,4-5,10-14H2,1-3H3. The number of carbonyl (C=O) groups is 2. The van der Waals surface area contributed by atoms with E-state index in [0.29, 0.717) is 25.4 Å². The predicted octanol–water partition coefficient (Wildman–Crippen LogP) is 2.59. The van der Waals surface area contributed by atoms with Crippen LogP contribution in [0.3, 0.4) is 0 Å². The van der Waals surface area contributed by atoms with Crippen molar-refractivity contribution in [3.8, 4) is 0 Å². The molecule has 154 valence electrons. The summed E-state index contributed by atoms with van der Waals surface area (Å²) in [7, 11) is -3.06. The Kier molecular flexibility index (Phi) is 6.12. The van der Waals surface area contributed by atoms with Crippen LogP contribution in [0.1, 0.15) is 51.5 Å². The minimum absolute atomic E-state index is 0.0355. The summed E-state index contributed by atoms with van der Waals surface area (Å²) in [6, 6.07) is 7.64. The molecule has 2 amide bonds. The van der Waals surface area contributed by atoms with Crippen molar-refractivity contribution < 1.29 is 18.0 Å². The van der Waals surface area contributed by atoms with E-state index in [1.165, 1.54) is 0 Å². The van der Waals surface area contributed by atoms with Crippen molar-refractivity contribution >= 4 is 27.3 Å². The molecule has 0 N–H and O–H groups in total. The summed E-state index contributed by atoms with van der Waals surface area (Å²) in [5.41, 5.74) is 2.02. The molecule has 0 aromatic heterocycles. The lowest BCUT2D eigenvalue weighted by Crippen LogP contribution is -2.44. The zero-order chi connectivity index (χ0) is 20.5. The van der Waals surface area contributed by atoms with Gasteiger partial charge in [-0.25, -0.2) is 8.42 Å². The van der Waals surface area contributed by atoms with Crippen LogP contribution in [0.2, 0.25) is 0 Å². The lowest BCUT2D eigenvalue weighted by molar-refractivity contribution is -0.137. The minimum Gasteiger partial charge on any atom is -0.339 e. The molecule has 3 atom stereocenters. The Balaban J connectivity index is 1.78. The number of rotatable bonds is 6. The molecule has 2 aliphatic heterocycles. The summed E-state index contributed by atoms with van der Waals surface area (Å²) in [6.07, 6.45) is 1.65. The van der Waals surface area contributed by atoms with Gasteiger partial charge in [0.25, 0.3) is 0 Å². The third-order valence-electron chi connectivity index (χ3n) is 6.12. The molecule has 3 rings (SSSR count). The number of hydrogen-bond donors (Lipinski definition) is 0. The average Bonchev–Trinajstić information content (AvgIpc) is 3.23. The van der Waals surface area contributed by atoms with Gasteiger partial charge < -0.3 is 9.80 Å². The first-order valence-corrected chi connectivity index (χ1v) is 12.0. The Hall–Kier alpha value is -1.89. The molecule has 1 aromatic carbocycles. The number of sulfone groups is 1. The predicted molar refractivity (Wildman–Crippen MR) is 110 cm³/mol. The molecule has 3 unspecified atom stereocenters. The minimum atomic E-state index is -3.06. The van der Waals surface area contributed by atoms with Gasteiger partial charge in [-0.15, -0.1) is 0 Å². The summed E-state index contributed by atoms with van der Waals surface area (Å²) >= 11 is 0. The molecule has 1 aromatic rings. The summed E-state index contributed by atoms with van der Waals surface area (Å²) in [6.45, 7) is 6.96. The van der Waals surface area contributed by atoms with Crippen molar-refractivity contribution in [1.29, 1.82) is 0 Å². The van der Waals surface area contributed by atoms with Gasteiger partial charge in [0.1, 0.15) is 0 Å². The van der Waals surface area contributed by atoms with E-state index < -0.39 is 15.8 Å². The van der Waals surface area contributed by atoms with Crippen LogP contribution in [-0.4, -0.2) is 55.8 Å². The van der Waals surface area contributed by atoms with Crippen molar-refractivity contribution in [3.63, 3.8) is 0 Å². The SMILES string of the molecule is CCC(C)c1ccccc1N1CC(C(=O)N(CC)C2CCS(=O)(=O)C2)CC1=O. The molecule has 2 aliphatic rings. The molecule has 7 heteroatoms. The maximum absolute atomic E-state index is 13.1. The van der Waals surface area contributed by atoms with Crippen LogP contribution in [0.15, 0.2) is 24.3 Å². The van der Waals surface area contributed by atoms with Gasteiger partial charge in [0.15, 0.2) is 9.84 Å². The molecule has 0 spiro atoms. The van der Waals surface area contributed by atoms with Crippen LogP contribution in [-0.2, 0) is 19.4 Å². The second-order valence-corrected chi connectivity index (χ2v) is 10.2. The van der Waals surface area contributed by atoms with Gasteiger partial charge in [-0.1, -0.05) is 32.0 Å². The van der Waals surface area contributed by atoms with Crippen LogP contribution in [0.5, 0.6) is 0 Å². The van der Waals surface area contributed by atoms with Gasteiger partial charge in [0.05, 0.1) is 17.4 Å². The number of nitrogens with zero attached hydrogens (tertiary/aromatic N) is 2. The Morgan fingerprint density at radius 1 is 1.29 bits per heavy atom. The van der Waals surface area contributed by atoms with E-state index in [9.17, 15) is 18.0 Å². The van der Waals surface area contributed by atoms with E-state index in [4.69, 9.17) is 0 Å². The van der Waals surface area contributed by atoms with Crippen molar-refractivity contribution in [2.75, 3.05) is 29.5 Å². The number of para-hydroxylation sites is 1. The molecular formula is C21H30N2O4S. The molecule has 2 heterocycles. The molecule has 0 radical (unpaired) electrons. The fourth-order valence-electron chi connectivity index (χ4n) is 4.33. The first-order valence-electron chi connectivity index (χ1n) is 10.2. The maximum Gasteiger partial charge on any atom is 0.228 e. The van der Waals surface area contributed by atoms with Crippen molar-refractivity contribution in [3.05, 3.63) is 29.8 Å². The molecule has 0 bridgehead atoms. The lowest BCUT2D eigenvalue weighted by atomic mass is 9.96. The van der Waals surface area contributed by atoms with Crippen molar-refractivity contribution in [2.24, 2.45) is 5.92 Å². The smallest absolute Gasteiger partial charge is 0.228 e. The fourth-order valence-corrected chi connectivity index (χ4v) is 6.06. The molecule has 0 aliphatic carbocycles. The van der Waals surface area contributed by atoms with Gasteiger partial charge in [-0.2, -0.15) is 0 Å². The van der Waals surface area contributed by atoms with Crippen LogP contribution in [0, 0.1) is 5.92 Å². The van der Waals surface area contributed by atoms with E-state index in [2.05, 4.69) is 13.8 Å². The van der Waals surface area contributed by atoms with Gasteiger partial charge in [0.2, 0.25) is 11.8 Å². The van der Waals surface area contributed by atoms with E-state index in [1.54, 1.807) is 9.80 Å². The maximum atomic E-state index is 13.1. The number of carbonyl (C=O) groups excluding carboxylic acids is 2. The summed E-state index contributed by atoms with van der Waals surface area (Å²) in [5, 5.41) is 0. The van der Waals surface area contributed by atoms with E-state index in [-0.39, 0.29) is 35.8 Å². The van der Waals surface area contributed by atoms with Gasteiger partial charge in [-0.05, 0) is 37.3 Å². The topological polar surface area (TPSA) is 74.8 Å². The van der Waals surface area contributed by atoms with Crippen molar-refractivity contribution in [2.45, 2.75) is 52.0 Å². The third kappa shape index (κ3) is 4.09. The second kappa shape index (κ2) is 8.23. The van der Waals surface area contributed by atoms with Crippen LogP contribution >= 0.6 is 0 Å². The van der Waals surface area contributed by atoms with E-state index in [1.807, 2.05) is 31.2 Å². The largest absolute Gasteiger partial charge is 0.339 e.